The van der Waals surface area contributed by atoms with Gasteiger partial charge in [-0.2, -0.15) is 0 Å². The number of benzene rings is 3. The molecule has 0 amide bonds. The van der Waals surface area contributed by atoms with Gasteiger partial charge in [0.2, 0.25) is 6.79 Å². The smallest absolute Gasteiger partial charge is 0.364 e. The van der Waals surface area contributed by atoms with Crippen LogP contribution in [-0.4, -0.2) is 25.7 Å². The fourth-order valence-electron chi connectivity index (χ4n) is 4.62. The number of hydrogen-bond acceptors (Lipinski definition) is 6. The molecule has 4 aromatic rings. The zero-order chi connectivity index (χ0) is 26.1. The normalized spacial score (nSPS) is 15.8. The number of hydrogen-bond donors (Lipinski definition) is 0. The molecule has 3 aromatic carbocycles. The van der Waals surface area contributed by atoms with Gasteiger partial charge in [-0.1, -0.05) is 60.7 Å². The third-order valence-corrected chi connectivity index (χ3v) is 8.03. The van der Waals surface area contributed by atoms with E-state index in [1.165, 1.54) is 6.26 Å². The second-order valence-corrected chi connectivity index (χ2v) is 10.3. The van der Waals surface area contributed by atoms with E-state index < -0.39 is 16.0 Å². The first-order valence-corrected chi connectivity index (χ1v) is 13.3. The molecule has 1 aromatic heterocycles. The average Bonchev–Trinajstić information content (AvgIpc) is 3.66. The molecular formula is C29H22N2O6S. The molecule has 3 heterocycles. The Labute approximate surface area is 219 Å². The third kappa shape index (κ3) is 4.12. The number of fused-ring (bicyclic) bond motifs is 1. The molecule has 6 rings (SSSR count). The molecule has 0 fully saturated rings. The van der Waals surface area contributed by atoms with Crippen molar-refractivity contribution in [3.8, 4) is 5.69 Å². The molecule has 0 bridgehead atoms. The fourth-order valence-corrected chi connectivity index (χ4v) is 6.37. The van der Waals surface area contributed by atoms with Gasteiger partial charge in [0.15, 0.2) is 6.26 Å². The SMILES string of the molecule is O=C(OC1=COCO1)C1=C(Cc2ccccc2)c2ccccc2S(=O)(=O)N1c1ccccc1-n1cccc1. The van der Waals surface area contributed by atoms with E-state index in [1.54, 1.807) is 47.0 Å². The lowest BCUT2D eigenvalue weighted by Gasteiger charge is -2.34. The number of carbonyl (C=O) groups is 1. The molecular weight excluding hydrogens is 504 g/mol. The van der Waals surface area contributed by atoms with Gasteiger partial charge in [-0.05, 0) is 41.5 Å². The van der Waals surface area contributed by atoms with Crippen LogP contribution in [0.3, 0.4) is 0 Å². The van der Waals surface area contributed by atoms with Crippen LogP contribution in [0.1, 0.15) is 11.1 Å². The van der Waals surface area contributed by atoms with Gasteiger partial charge in [-0.15, -0.1) is 0 Å². The number of allylic oxidation sites excluding steroid dienone is 1. The Morgan fingerprint density at radius 2 is 1.53 bits per heavy atom. The molecule has 0 radical (unpaired) electrons. The number of sulfonamides is 1. The second-order valence-electron chi connectivity index (χ2n) is 8.59. The molecule has 0 N–H and O–H groups in total. The molecule has 0 aliphatic carbocycles. The third-order valence-electron chi connectivity index (χ3n) is 6.26. The van der Waals surface area contributed by atoms with Crippen molar-refractivity contribution >= 4 is 27.3 Å². The van der Waals surface area contributed by atoms with Crippen LogP contribution in [0.5, 0.6) is 0 Å². The van der Waals surface area contributed by atoms with Gasteiger partial charge in [0, 0.05) is 24.4 Å². The molecule has 9 heteroatoms. The van der Waals surface area contributed by atoms with Gasteiger partial charge in [-0.25, -0.2) is 17.5 Å². The summed E-state index contributed by atoms with van der Waals surface area (Å²) in [6, 6.07) is 26.9. The summed E-state index contributed by atoms with van der Waals surface area (Å²) < 4.78 is 47.2. The Bertz CT molecular complexity index is 1680. The predicted molar refractivity (Wildman–Crippen MR) is 140 cm³/mol. The van der Waals surface area contributed by atoms with Gasteiger partial charge >= 0.3 is 11.9 Å². The number of anilines is 1. The predicted octanol–water partition coefficient (Wildman–Crippen LogP) is 4.99. The minimum atomic E-state index is -4.23. The van der Waals surface area contributed by atoms with Crippen LogP contribution < -0.4 is 4.31 Å². The number of carbonyl (C=O) groups excluding carboxylic acids is 1. The highest BCUT2D eigenvalue weighted by molar-refractivity contribution is 7.93. The molecule has 0 atom stereocenters. The van der Waals surface area contributed by atoms with E-state index in [4.69, 9.17) is 14.2 Å². The maximum atomic E-state index is 14.3. The van der Waals surface area contributed by atoms with E-state index in [2.05, 4.69) is 0 Å². The zero-order valence-electron chi connectivity index (χ0n) is 20.1. The Morgan fingerprint density at radius 1 is 0.842 bits per heavy atom. The van der Waals surface area contributed by atoms with Crippen LogP contribution in [-0.2, 0) is 35.4 Å². The first-order chi connectivity index (χ1) is 18.5. The molecule has 0 saturated heterocycles. The lowest BCUT2D eigenvalue weighted by molar-refractivity contribution is -0.140. The van der Waals surface area contributed by atoms with Gasteiger partial charge in [-0.3, -0.25) is 0 Å². The monoisotopic (exact) mass is 526 g/mol. The first kappa shape index (κ1) is 23.6. The number of nitrogens with zero attached hydrogens (tertiary/aromatic N) is 2. The number of aromatic nitrogens is 1. The Hall–Kier alpha value is -4.76. The van der Waals surface area contributed by atoms with Crippen LogP contribution in [0.25, 0.3) is 11.3 Å². The minimum Gasteiger partial charge on any atom is -0.458 e. The summed E-state index contributed by atoms with van der Waals surface area (Å²) in [5.41, 5.74) is 2.60. The summed E-state index contributed by atoms with van der Waals surface area (Å²) in [5, 5.41) is 0. The maximum Gasteiger partial charge on any atom is 0.364 e. The van der Waals surface area contributed by atoms with Crippen molar-refractivity contribution in [1.29, 1.82) is 0 Å². The number of para-hydroxylation sites is 2. The van der Waals surface area contributed by atoms with E-state index in [0.29, 0.717) is 22.5 Å². The topological polar surface area (TPSA) is 87.1 Å². The Morgan fingerprint density at radius 3 is 2.26 bits per heavy atom. The first-order valence-electron chi connectivity index (χ1n) is 11.8. The highest BCUT2D eigenvalue weighted by Crippen LogP contribution is 2.43. The number of esters is 1. The minimum absolute atomic E-state index is 0.0974. The molecule has 0 saturated carbocycles. The molecule has 0 spiro atoms. The molecule has 2 aliphatic heterocycles. The number of rotatable bonds is 6. The quantitative estimate of drug-likeness (QED) is 0.329. The molecule has 8 nitrogen and oxygen atoms in total. The van der Waals surface area contributed by atoms with Crippen molar-refractivity contribution in [1.82, 2.24) is 4.57 Å². The van der Waals surface area contributed by atoms with Crippen molar-refractivity contribution in [3.63, 3.8) is 0 Å². The van der Waals surface area contributed by atoms with Crippen LogP contribution in [0.2, 0.25) is 0 Å². The largest absolute Gasteiger partial charge is 0.458 e. The van der Waals surface area contributed by atoms with Crippen molar-refractivity contribution in [2.75, 3.05) is 11.1 Å². The molecule has 38 heavy (non-hydrogen) atoms. The lowest BCUT2D eigenvalue weighted by Crippen LogP contribution is -2.39. The van der Waals surface area contributed by atoms with Gasteiger partial charge < -0.3 is 18.8 Å². The molecule has 0 unspecified atom stereocenters. The Balaban J connectivity index is 1.64. The Kier molecular flexibility index (Phi) is 5.97. The van der Waals surface area contributed by atoms with E-state index >= 15 is 0 Å². The van der Waals surface area contributed by atoms with Crippen molar-refractivity contribution in [3.05, 3.63) is 132 Å². The van der Waals surface area contributed by atoms with E-state index in [0.717, 1.165) is 9.87 Å². The summed E-state index contributed by atoms with van der Waals surface area (Å²) >= 11 is 0. The van der Waals surface area contributed by atoms with E-state index in [1.807, 2.05) is 60.9 Å². The summed E-state index contributed by atoms with van der Waals surface area (Å²) in [6.45, 7) is -0.0974. The maximum absolute atomic E-state index is 14.3. The van der Waals surface area contributed by atoms with Crippen molar-refractivity contribution in [2.24, 2.45) is 0 Å². The van der Waals surface area contributed by atoms with Crippen LogP contribution in [0.15, 0.2) is 126 Å². The highest BCUT2D eigenvalue weighted by atomic mass is 32.2. The standard InChI is InChI=1S/C29H22N2O6S/c32-29(37-27-19-35-20-36-27)28-23(18-21-10-2-1-3-11-21)22-12-4-7-15-26(22)38(33,34)31(28)25-14-6-5-13-24(25)30-16-8-9-17-30/h1-17,19H,18,20H2. The average molecular weight is 527 g/mol. The van der Waals surface area contributed by atoms with E-state index in [-0.39, 0.29) is 29.8 Å². The lowest BCUT2D eigenvalue weighted by atomic mass is 9.95. The highest BCUT2D eigenvalue weighted by Gasteiger charge is 2.43. The second kappa shape index (κ2) is 9.60. The summed E-state index contributed by atoms with van der Waals surface area (Å²) in [7, 11) is -4.23. The van der Waals surface area contributed by atoms with Gasteiger partial charge in [0.1, 0.15) is 5.70 Å². The number of ether oxygens (including phenoxy) is 3. The summed E-state index contributed by atoms with van der Waals surface area (Å²) in [4.78, 5) is 14.0. The molecule has 190 valence electrons. The van der Waals surface area contributed by atoms with Gasteiger partial charge in [0.25, 0.3) is 10.0 Å². The molecule has 2 aliphatic rings. The zero-order valence-corrected chi connectivity index (χ0v) is 20.9. The summed E-state index contributed by atoms with van der Waals surface area (Å²) in [5.74, 6) is -1.02. The van der Waals surface area contributed by atoms with Crippen LogP contribution in [0, 0.1) is 0 Å². The summed E-state index contributed by atoms with van der Waals surface area (Å²) in [6.07, 6.45) is 5.09. The van der Waals surface area contributed by atoms with Gasteiger partial charge in [0.05, 0.1) is 16.3 Å². The van der Waals surface area contributed by atoms with E-state index in [9.17, 15) is 13.2 Å². The van der Waals surface area contributed by atoms with Crippen molar-refractivity contribution < 1.29 is 27.4 Å². The fraction of sp³-hybridized carbons (Fsp3) is 0.0690. The van der Waals surface area contributed by atoms with Crippen molar-refractivity contribution in [2.45, 2.75) is 11.3 Å². The van der Waals surface area contributed by atoms with Crippen LogP contribution >= 0.6 is 0 Å². The van der Waals surface area contributed by atoms with Crippen LogP contribution in [0.4, 0.5) is 5.69 Å².